The van der Waals surface area contributed by atoms with E-state index in [9.17, 15) is 39.3 Å². The van der Waals surface area contributed by atoms with Crippen molar-refractivity contribution in [1.82, 2.24) is 5.32 Å². The fourth-order valence-electron chi connectivity index (χ4n) is 9.97. The third kappa shape index (κ3) is 7.54. The van der Waals surface area contributed by atoms with Crippen LogP contribution in [0.2, 0.25) is 0 Å². The van der Waals surface area contributed by atoms with Gasteiger partial charge in [0.1, 0.15) is 23.9 Å². The highest BCUT2D eigenvalue weighted by Crippen LogP contribution is 2.64. The van der Waals surface area contributed by atoms with Gasteiger partial charge < -0.3 is 44.3 Å². The highest BCUT2D eigenvalue weighted by molar-refractivity contribution is 5.96. The van der Waals surface area contributed by atoms with Crippen molar-refractivity contribution in [2.24, 2.45) is 16.7 Å². The van der Waals surface area contributed by atoms with Gasteiger partial charge in [0.2, 0.25) is 0 Å². The number of fused-ring (bicyclic) bond motifs is 5. The molecule has 0 radical (unpaired) electrons. The van der Waals surface area contributed by atoms with Gasteiger partial charge in [-0.1, -0.05) is 70.0 Å². The molecule has 2 aromatic carbocycles. The predicted molar refractivity (Wildman–Crippen MR) is 212 cm³/mol. The Labute approximate surface area is 348 Å². The molecule has 4 aliphatic rings. The number of nitrogens with one attached hydrogen (secondary N) is 1. The van der Waals surface area contributed by atoms with E-state index in [2.05, 4.69) is 5.32 Å². The highest BCUT2D eigenvalue weighted by Gasteiger charge is 2.78. The maximum atomic E-state index is 15.4. The van der Waals surface area contributed by atoms with Gasteiger partial charge >= 0.3 is 23.9 Å². The summed E-state index contributed by atoms with van der Waals surface area (Å²) in [6.07, 6.45) is -8.79. The second-order valence-corrected chi connectivity index (χ2v) is 17.2. The fourth-order valence-corrected chi connectivity index (χ4v) is 9.97. The maximum absolute atomic E-state index is 15.4. The Balaban J connectivity index is 1.52. The number of unbranched alkanes of at least 4 members (excludes halogenated alkanes) is 1. The molecule has 2 aromatic rings. The molecule has 2 saturated carbocycles. The third-order valence-electron chi connectivity index (χ3n) is 13.3. The zero-order valence-corrected chi connectivity index (χ0v) is 35.0. The average Bonchev–Trinajstić information content (AvgIpc) is 3.20. The summed E-state index contributed by atoms with van der Waals surface area (Å²) in [6.45, 7) is 9.95. The zero-order valence-electron chi connectivity index (χ0n) is 35.0. The number of hydrogen-bond donors (Lipinski definition) is 4. The first-order chi connectivity index (χ1) is 28.2. The predicted octanol–water partition coefficient (Wildman–Crippen LogP) is 3.55. The van der Waals surface area contributed by atoms with Crippen LogP contribution < -0.4 is 5.32 Å². The van der Waals surface area contributed by atoms with Crippen LogP contribution in [0.25, 0.3) is 0 Å². The number of aliphatic hydroxyl groups is 3. The van der Waals surface area contributed by atoms with Crippen LogP contribution in [0.15, 0.2) is 71.8 Å². The number of aliphatic hydroxyl groups excluding tert-OH is 2. The van der Waals surface area contributed by atoms with Crippen LogP contribution >= 0.6 is 0 Å². The molecule has 324 valence electrons. The topological polar surface area (TPSA) is 221 Å². The van der Waals surface area contributed by atoms with E-state index in [0.29, 0.717) is 18.4 Å². The van der Waals surface area contributed by atoms with Gasteiger partial charge in [-0.3, -0.25) is 19.2 Å². The van der Waals surface area contributed by atoms with E-state index in [1.54, 1.807) is 62.4 Å². The molecule has 1 unspecified atom stereocenters. The van der Waals surface area contributed by atoms with E-state index in [4.69, 9.17) is 23.7 Å². The summed E-state index contributed by atoms with van der Waals surface area (Å²) in [4.78, 5) is 82.8. The number of carbonyl (C=O) groups excluding carboxylic acids is 6. The minimum Gasteiger partial charge on any atom is -0.456 e. The Kier molecular flexibility index (Phi) is 12.5. The fraction of sp³-hybridized carbons (Fsp3) is 0.556. The number of benzene rings is 2. The summed E-state index contributed by atoms with van der Waals surface area (Å²) in [7, 11) is 0. The summed E-state index contributed by atoms with van der Waals surface area (Å²) in [5, 5.41) is 39.9. The van der Waals surface area contributed by atoms with Gasteiger partial charge in [0.15, 0.2) is 23.6 Å². The largest absolute Gasteiger partial charge is 0.456 e. The molecule has 2 bridgehead atoms. The molecule has 11 atom stereocenters. The van der Waals surface area contributed by atoms with Gasteiger partial charge in [0, 0.05) is 37.7 Å². The molecule has 4 N–H and O–H groups in total. The lowest BCUT2D eigenvalue weighted by Gasteiger charge is -2.67. The van der Waals surface area contributed by atoms with Crippen LogP contribution in [0.5, 0.6) is 0 Å². The number of Topliss-reactive ketones (excluding diaryl/α,β-unsaturated/α-hetero) is 1. The first-order valence-corrected chi connectivity index (χ1v) is 20.4. The molecule has 6 rings (SSSR count). The standard InChI is InChI=1S/C45H55NO14/c1-8-9-20-29(46-39(52)27-16-12-10-13-17-27)34(50)41(54)58-30-22-45(55)38(59-40(53)28-18-14-11-15-19-28)36-43(7,31(49)21-32-44(36,23-56-32)60-26(4)48)37(51)35(57-25(3)47)33(24(30)2)42(45,5)6/h10-19,29-32,34-36,38,49-50,55H,8-9,20-23H2,1-7H3,(H,46,52)/t29?,30-,31-,32+,34+,35+,36-,38-,43+,44-,45+/m0/s1. The molecular formula is C45H55NO14. The van der Waals surface area contributed by atoms with E-state index < -0.39 is 113 Å². The lowest BCUT2D eigenvalue weighted by atomic mass is 9.44. The molecule has 1 heterocycles. The number of esters is 4. The molecule has 1 amide bonds. The number of ether oxygens (including phenoxy) is 5. The molecule has 1 aliphatic heterocycles. The zero-order chi connectivity index (χ0) is 43.9. The van der Waals surface area contributed by atoms with Crippen molar-refractivity contribution in [1.29, 1.82) is 0 Å². The average molecular weight is 834 g/mol. The Bertz CT molecular complexity index is 2030. The minimum absolute atomic E-state index is 0.0183. The highest BCUT2D eigenvalue weighted by atomic mass is 16.6. The first-order valence-electron chi connectivity index (χ1n) is 20.4. The van der Waals surface area contributed by atoms with Gasteiger partial charge in [0.25, 0.3) is 5.91 Å². The van der Waals surface area contributed by atoms with Crippen molar-refractivity contribution in [3.63, 3.8) is 0 Å². The Morgan fingerprint density at radius 1 is 0.917 bits per heavy atom. The SMILES string of the molecule is CCCCC(NC(=O)c1ccccc1)[C@@H](O)C(=O)O[C@H]1C[C@@]2(O)[C@@H](OC(=O)c3ccccc3)[C@@H]3[C@]4(OC(C)=O)CO[C@@H]4C[C@H](O)[C@@]3(C)C(=O)[C@H](OC(C)=O)C(=C1C)C2(C)C. The number of carbonyl (C=O) groups is 6. The van der Waals surface area contributed by atoms with Crippen LogP contribution in [0.3, 0.4) is 0 Å². The Morgan fingerprint density at radius 3 is 2.08 bits per heavy atom. The monoisotopic (exact) mass is 833 g/mol. The third-order valence-corrected chi connectivity index (χ3v) is 13.3. The van der Waals surface area contributed by atoms with Gasteiger partial charge in [-0.2, -0.15) is 0 Å². The lowest BCUT2D eigenvalue weighted by Crippen LogP contribution is -2.82. The second-order valence-electron chi connectivity index (χ2n) is 17.2. The van der Waals surface area contributed by atoms with E-state index >= 15 is 4.79 Å². The number of hydrogen-bond acceptors (Lipinski definition) is 14. The van der Waals surface area contributed by atoms with Crippen molar-refractivity contribution in [2.75, 3.05) is 6.61 Å². The molecule has 15 nitrogen and oxygen atoms in total. The minimum atomic E-state index is -2.36. The van der Waals surface area contributed by atoms with Gasteiger partial charge in [-0.05, 0) is 55.7 Å². The summed E-state index contributed by atoms with van der Waals surface area (Å²) in [5.74, 6) is -6.64. The van der Waals surface area contributed by atoms with Gasteiger partial charge in [-0.15, -0.1) is 0 Å². The van der Waals surface area contributed by atoms with Crippen molar-refractivity contribution in [3.05, 3.63) is 82.9 Å². The number of rotatable bonds is 12. The summed E-state index contributed by atoms with van der Waals surface area (Å²) in [6, 6.07) is 15.0. The normalized spacial score (nSPS) is 32.6. The van der Waals surface area contributed by atoms with E-state index in [-0.39, 0.29) is 36.2 Å². The van der Waals surface area contributed by atoms with Crippen molar-refractivity contribution >= 4 is 35.6 Å². The molecule has 60 heavy (non-hydrogen) atoms. The van der Waals surface area contributed by atoms with Crippen molar-refractivity contribution in [3.8, 4) is 0 Å². The summed E-state index contributed by atoms with van der Waals surface area (Å²) >= 11 is 0. The molecule has 3 aliphatic carbocycles. The smallest absolute Gasteiger partial charge is 0.338 e. The van der Waals surface area contributed by atoms with Gasteiger partial charge in [-0.25, -0.2) is 9.59 Å². The first kappa shape index (κ1) is 44.6. The van der Waals surface area contributed by atoms with Gasteiger partial charge in [0.05, 0.1) is 35.6 Å². The molecule has 1 saturated heterocycles. The Morgan fingerprint density at radius 2 is 1.53 bits per heavy atom. The summed E-state index contributed by atoms with van der Waals surface area (Å²) < 4.78 is 30.2. The quantitative estimate of drug-likeness (QED) is 0.137. The number of ketones is 1. The lowest BCUT2D eigenvalue weighted by molar-refractivity contribution is -0.346. The number of amides is 1. The molecule has 0 spiro atoms. The van der Waals surface area contributed by atoms with Crippen molar-refractivity contribution < 1.29 is 67.8 Å². The second kappa shape index (κ2) is 16.8. The summed E-state index contributed by atoms with van der Waals surface area (Å²) in [5.41, 5.74) is -7.19. The van der Waals surface area contributed by atoms with Crippen LogP contribution in [0.1, 0.15) is 101 Å². The Hall–Kier alpha value is -4.96. The van der Waals surface area contributed by atoms with E-state index in [1.165, 1.54) is 26.0 Å². The van der Waals surface area contributed by atoms with Crippen LogP contribution in [0, 0.1) is 16.7 Å². The van der Waals surface area contributed by atoms with Crippen LogP contribution in [-0.4, -0.2) is 111 Å². The molecule has 0 aromatic heterocycles. The molecule has 3 fully saturated rings. The van der Waals surface area contributed by atoms with Crippen LogP contribution in [0.4, 0.5) is 0 Å². The van der Waals surface area contributed by atoms with Crippen LogP contribution in [-0.2, 0) is 42.9 Å². The molecule has 15 heteroatoms. The van der Waals surface area contributed by atoms with E-state index in [0.717, 1.165) is 13.8 Å². The molecular weight excluding hydrogens is 778 g/mol. The van der Waals surface area contributed by atoms with Crippen molar-refractivity contribution in [2.45, 2.75) is 134 Å². The van der Waals surface area contributed by atoms with E-state index in [1.807, 2.05) is 6.92 Å². The maximum Gasteiger partial charge on any atom is 0.338 e.